The maximum absolute atomic E-state index is 12.9. The molecule has 1 heterocycles. The summed E-state index contributed by atoms with van der Waals surface area (Å²) in [6.07, 6.45) is 0. The van der Waals surface area contributed by atoms with Crippen molar-refractivity contribution >= 4 is 53.2 Å². The molecule has 0 unspecified atom stereocenters. The molecule has 0 spiro atoms. The smallest absolute Gasteiger partial charge is 0.344 e. The van der Waals surface area contributed by atoms with Crippen LogP contribution in [0.4, 0.5) is 11.4 Å². The van der Waals surface area contributed by atoms with Crippen LogP contribution in [0, 0.1) is 13.8 Å². The predicted molar refractivity (Wildman–Crippen MR) is 144 cm³/mol. The quantitative estimate of drug-likeness (QED) is 0.229. The average molecular weight is 535 g/mol. The van der Waals surface area contributed by atoms with Crippen molar-refractivity contribution in [1.82, 2.24) is 0 Å². The van der Waals surface area contributed by atoms with Gasteiger partial charge in [-0.2, -0.15) is 0 Å². The number of rotatable bonds is 6. The minimum Gasteiger partial charge on any atom is -0.422 e. The van der Waals surface area contributed by atoms with E-state index in [-0.39, 0.29) is 20.8 Å². The Morgan fingerprint density at radius 1 is 0.568 bits per heavy atom. The van der Waals surface area contributed by atoms with E-state index in [9.17, 15) is 21.6 Å². The Bertz CT molecular complexity index is 1930. The fraction of sp³-hybridized carbons (Fsp3) is 0.0741. The average Bonchev–Trinajstić information content (AvgIpc) is 2.86. The van der Waals surface area contributed by atoms with E-state index in [1.165, 1.54) is 36.4 Å². The second kappa shape index (κ2) is 9.06. The number of hydrogen-bond acceptors (Lipinski definition) is 6. The highest BCUT2D eigenvalue weighted by atomic mass is 32.2. The van der Waals surface area contributed by atoms with Crippen molar-refractivity contribution < 1.29 is 21.3 Å². The van der Waals surface area contributed by atoms with Gasteiger partial charge in [0.25, 0.3) is 20.0 Å². The van der Waals surface area contributed by atoms with E-state index < -0.39 is 25.7 Å². The standard InChI is InChI=1S/C27H22N2O6S2/c1-17-3-7-19(8-4-17)28-36(31,32)21-11-13-23-24-14-12-22(16-26(24)35-27(30)25(23)15-21)37(33,34)29-20-9-5-18(2)6-10-20/h3-16,28-29H,1-2H3. The highest BCUT2D eigenvalue weighted by Gasteiger charge is 2.20. The molecule has 0 aliphatic rings. The van der Waals surface area contributed by atoms with Gasteiger partial charge in [0.1, 0.15) is 5.58 Å². The first-order chi connectivity index (χ1) is 17.5. The molecule has 0 amide bonds. The second-order valence-electron chi connectivity index (χ2n) is 8.70. The first-order valence-electron chi connectivity index (χ1n) is 11.2. The number of aryl methyl sites for hydroxylation is 2. The minimum absolute atomic E-state index is 0.0627. The van der Waals surface area contributed by atoms with Crippen LogP contribution in [0.5, 0.6) is 0 Å². The van der Waals surface area contributed by atoms with Gasteiger partial charge in [-0.05, 0) is 62.4 Å². The summed E-state index contributed by atoms with van der Waals surface area (Å²) >= 11 is 0. The lowest BCUT2D eigenvalue weighted by atomic mass is 10.1. The van der Waals surface area contributed by atoms with Gasteiger partial charge in [-0.25, -0.2) is 21.6 Å². The Morgan fingerprint density at radius 2 is 1.03 bits per heavy atom. The first kappa shape index (κ1) is 24.5. The number of anilines is 2. The van der Waals surface area contributed by atoms with E-state index >= 15 is 0 Å². The Kier molecular flexibility index (Phi) is 6.01. The molecule has 0 radical (unpaired) electrons. The topological polar surface area (TPSA) is 123 Å². The molecule has 1 aromatic heterocycles. The molecule has 0 aliphatic heterocycles. The summed E-state index contributed by atoms with van der Waals surface area (Å²) < 4.78 is 62.0. The van der Waals surface area contributed by atoms with Crippen LogP contribution in [0.1, 0.15) is 11.1 Å². The van der Waals surface area contributed by atoms with Crippen molar-refractivity contribution in [3.05, 3.63) is 106 Å². The van der Waals surface area contributed by atoms with Gasteiger partial charge in [0.05, 0.1) is 15.2 Å². The third-order valence-electron chi connectivity index (χ3n) is 5.89. The monoisotopic (exact) mass is 534 g/mol. The molecule has 37 heavy (non-hydrogen) atoms. The number of nitrogens with one attached hydrogen (secondary N) is 2. The van der Waals surface area contributed by atoms with Gasteiger partial charge in [-0.15, -0.1) is 0 Å². The van der Waals surface area contributed by atoms with Crippen LogP contribution >= 0.6 is 0 Å². The van der Waals surface area contributed by atoms with Crippen LogP contribution in [-0.2, 0) is 20.0 Å². The number of sulfonamides is 2. The number of fused-ring (bicyclic) bond motifs is 3. The van der Waals surface area contributed by atoms with E-state index in [0.29, 0.717) is 22.1 Å². The Balaban J connectivity index is 1.52. The van der Waals surface area contributed by atoms with Gasteiger partial charge >= 0.3 is 5.63 Å². The van der Waals surface area contributed by atoms with Crippen molar-refractivity contribution in [3.8, 4) is 0 Å². The highest BCUT2D eigenvalue weighted by Crippen LogP contribution is 2.28. The van der Waals surface area contributed by atoms with Crippen molar-refractivity contribution in [3.63, 3.8) is 0 Å². The molecule has 0 atom stereocenters. The summed E-state index contributed by atoms with van der Waals surface area (Å²) in [5.74, 6) is 0. The molecule has 5 rings (SSSR count). The van der Waals surface area contributed by atoms with Crippen molar-refractivity contribution in [2.75, 3.05) is 9.44 Å². The van der Waals surface area contributed by atoms with Crippen LogP contribution in [0.2, 0.25) is 0 Å². The van der Waals surface area contributed by atoms with Gasteiger partial charge in [0, 0.05) is 28.2 Å². The van der Waals surface area contributed by atoms with Gasteiger partial charge < -0.3 is 4.42 Å². The minimum atomic E-state index is -3.96. The lowest BCUT2D eigenvalue weighted by Gasteiger charge is -2.11. The third kappa shape index (κ3) is 4.93. The fourth-order valence-corrected chi connectivity index (χ4v) is 6.06. The molecule has 0 bridgehead atoms. The molecule has 0 saturated heterocycles. The zero-order valence-electron chi connectivity index (χ0n) is 19.8. The maximum Gasteiger partial charge on any atom is 0.344 e. The van der Waals surface area contributed by atoms with Crippen LogP contribution in [-0.4, -0.2) is 16.8 Å². The zero-order chi connectivity index (χ0) is 26.4. The van der Waals surface area contributed by atoms with Gasteiger partial charge in [-0.3, -0.25) is 9.44 Å². The van der Waals surface area contributed by atoms with Crippen molar-refractivity contribution in [2.24, 2.45) is 0 Å². The van der Waals surface area contributed by atoms with Crippen LogP contribution in [0.3, 0.4) is 0 Å². The second-order valence-corrected chi connectivity index (χ2v) is 12.1. The summed E-state index contributed by atoms with van der Waals surface area (Å²) in [5, 5.41) is 0.975. The van der Waals surface area contributed by atoms with Crippen LogP contribution in [0.25, 0.3) is 21.7 Å². The fourth-order valence-electron chi connectivity index (χ4n) is 3.90. The molecule has 188 valence electrons. The molecule has 5 aromatic rings. The Morgan fingerprint density at radius 3 is 1.54 bits per heavy atom. The SMILES string of the molecule is Cc1ccc(NS(=O)(=O)c2ccc3c(c2)oc(=O)c2cc(S(=O)(=O)Nc4ccc(C)cc4)ccc23)cc1. The lowest BCUT2D eigenvalue weighted by molar-refractivity contribution is 0.567. The maximum atomic E-state index is 12.9. The van der Waals surface area contributed by atoms with Gasteiger partial charge in [0.2, 0.25) is 0 Å². The normalized spacial score (nSPS) is 12.1. The molecule has 10 heteroatoms. The predicted octanol–water partition coefficient (Wildman–Crippen LogP) is 5.16. The van der Waals surface area contributed by atoms with Gasteiger partial charge in [-0.1, -0.05) is 41.5 Å². The summed E-state index contributed by atoms with van der Waals surface area (Å²) in [7, 11) is -7.91. The van der Waals surface area contributed by atoms with Crippen LogP contribution in [0.15, 0.2) is 104 Å². The molecule has 4 aromatic carbocycles. The summed E-state index contributed by atoms with van der Waals surface area (Å²) in [6.45, 7) is 3.79. The lowest BCUT2D eigenvalue weighted by Crippen LogP contribution is -2.14. The van der Waals surface area contributed by atoms with Crippen LogP contribution < -0.4 is 15.1 Å². The molecular weight excluding hydrogens is 512 g/mol. The Hall–Kier alpha value is -4.15. The molecule has 8 nitrogen and oxygen atoms in total. The van der Waals surface area contributed by atoms with E-state index in [2.05, 4.69) is 9.44 Å². The third-order valence-corrected chi connectivity index (χ3v) is 8.64. The molecule has 2 N–H and O–H groups in total. The molecule has 0 saturated carbocycles. The Labute approximate surface area is 213 Å². The molecule has 0 aliphatic carbocycles. The zero-order valence-corrected chi connectivity index (χ0v) is 21.5. The van der Waals surface area contributed by atoms with Crippen molar-refractivity contribution in [1.29, 1.82) is 0 Å². The van der Waals surface area contributed by atoms with E-state index in [4.69, 9.17) is 4.42 Å². The molecule has 0 fully saturated rings. The largest absolute Gasteiger partial charge is 0.422 e. The highest BCUT2D eigenvalue weighted by molar-refractivity contribution is 7.93. The summed E-state index contributed by atoms with van der Waals surface area (Å²) in [4.78, 5) is 12.6. The summed E-state index contributed by atoms with van der Waals surface area (Å²) in [6, 6.07) is 22.1. The number of benzene rings is 4. The molecular formula is C27H22N2O6S2. The van der Waals surface area contributed by atoms with Crippen molar-refractivity contribution in [2.45, 2.75) is 23.6 Å². The van der Waals surface area contributed by atoms with E-state index in [0.717, 1.165) is 11.1 Å². The first-order valence-corrected chi connectivity index (χ1v) is 14.2. The van der Waals surface area contributed by atoms with E-state index in [1.807, 2.05) is 13.8 Å². The summed E-state index contributed by atoms with van der Waals surface area (Å²) in [5.41, 5.74) is 2.06. The van der Waals surface area contributed by atoms with E-state index in [1.54, 1.807) is 48.5 Å². The van der Waals surface area contributed by atoms with Gasteiger partial charge in [0.15, 0.2) is 0 Å². The number of hydrogen-bond donors (Lipinski definition) is 2.